The van der Waals surface area contributed by atoms with Crippen molar-refractivity contribution in [1.82, 2.24) is 0 Å². The largest absolute Gasteiger partial charge is 0.450 e. The summed E-state index contributed by atoms with van der Waals surface area (Å²) in [5.74, 6) is 0. The maximum atomic E-state index is 9.53. The molecule has 0 heterocycles. The summed E-state index contributed by atoms with van der Waals surface area (Å²) >= 11 is 0. The van der Waals surface area contributed by atoms with Gasteiger partial charge >= 0.3 is 6.47 Å². The summed E-state index contributed by atoms with van der Waals surface area (Å²) in [6, 6.07) is 0. The summed E-state index contributed by atoms with van der Waals surface area (Å²) in [6.07, 6.45) is -0.201. The molecule has 0 saturated heterocycles. The Morgan fingerprint density at radius 1 is 1.88 bits per heavy atom. The first kappa shape index (κ1) is 7.21. The quantitative estimate of drug-likeness (QED) is 0.511. The zero-order valence-electron chi connectivity index (χ0n) is 5.10. The molecule has 0 aromatic rings. The average Bonchev–Trinajstić information content (AvgIpc) is 1.67. The molecular formula is C6H9O2. The third kappa shape index (κ3) is 2.39. The van der Waals surface area contributed by atoms with Gasteiger partial charge in [-0.1, -0.05) is 6.58 Å². The van der Waals surface area contributed by atoms with Crippen molar-refractivity contribution in [2.75, 3.05) is 0 Å². The molecule has 45 valence electrons. The van der Waals surface area contributed by atoms with Gasteiger partial charge in [0.1, 0.15) is 6.10 Å². The highest BCUT2D eigenvalue weighted by atomic mass is 16.5. The maximum absolute atomic E-state index is 9.53. The summed E-state index contributed by atoms with van der Waals surface area (Å²) in [7, 11) is 0. The molecule has 0 aliphatic rings. The summed E-state index contributed by atoms with van der Waals surface area (Å²) in [6.45, 7) is 8.44. The van der Waals surface area contributed by atoms with Crippen molar-refractivity contribution in [3.63, 3.8) is 0 Å². The van der Waals surface area contributed by atoms with E-state index in [1.165, 1.54) is 6.47 Å². The van der Waals surface area contributed by atoms with Crippen LogP contribution in [0, 0.1) is 0 Å². The Kier molecular flexibility index (Phi) is 2.92. The van der Waals surface area contributed by atoms with Crippen LogP contribution in [0.25, 0.3) is 0 Å². The SMILES string of the molecule is C=C(C)C(C)O[C]=O. The molecule has 0 aromatic carbocycles. The van der Waals surface area contributed by atoms with E-state index in [1.54, 1.807) is 13.8 Å². The monoisotopic (exact) mass is 113 g/mol. The Morgan fingerprint density at radius 2 is 2.38 bits per heavy atom. The first-order valence-corrected chi connectivity index (χ1v) is 2.36. The second-order valence-electron chi connectivity index (χ2n) is 1.69. The van der Waals surface area contributed by atoms with Crippen LogP contribution in [0.1, 0.15) is 13.8 Å². The first-order chi connectivity index (χ1) is 3.68. The summed E-state index contributed by atoms with van der Waals surface area (Å²) in [4.78, 5) is 9.53. The summed E-state index contributed by atoms with van der Waals surface area (Å²) < 4.78 is 4.40. The fourth-order valence-electron chi connectivity index (χ4n) is 0.173. The normalized spacial score (nSPS) is 12.2. The lowest BCUT2D eigenvalue weighted by Crippen LogP contribution is -2.06. The fourth-order valence-corrected chi connectivity index (χ4v) is 0.173. The van der Waals surface area contributed by atoms with Gasteiger partial charge in [-0.05, 0) is 19.4 Å². The smallest absolute Gasteiger partial charge is 0.418 e. The lowest BCUT2D eigenvalue weighted by Gasteiger charge is -2.05. The van der Waals surface area contributed by atoms with Crippen molar-refractivity contribution < 1.29 is 9.53 Å². The van der Waals surface area contributed by atoms with Gasteiger partial charge in [0, 0.05) is 0 Å². The molecule has 0 aromatic heterocycles. The third-order valence-corrected chi connectivity index (χ3v) is 0.919. The predicted octanol–water partition coefficient (Wildman–Crippen LogP) is 1.03. The topological polar surface area (TPSA) is 26.3 Å². The van der Waals surface area contributed by atoms with Gasteiger partial charge in [0.05, 0.1) is 0 Å². The van der Waals surface area contributed by atoms with E-state index >= 15 is 0 Å². The van der Waals surface area contributed by atoms with Crippen LogP contribution < -0.4 is 0 Å². The Bertz CT molecular complexity index is 96.7. The van der Waals surface area contributed by atoms with E-state index in [0.29, 0.717) is 0 Å². The van der Waals surface area contributed by atoms with Gasteiger partial charge in [0.2, 0.25) is 0 Å². The highest BCUT2D eigenvalue weighted by Gasteiger charge is 1.99. The summed E-state index contributed by atoms with van der Waals surface area (Å²) in [5.41, 5.74) is 0.827. The lowest BCUT2D eigenvalue weighted by molar-refractivity contribution is 0.226. The van der Waals surface area contributed by atoms with E-state index in [2.05, 4.69) is 11.3 Å². The van der Waals surface area contributed by atoms with Crippen molar-refractivity contribution in [1.29, 1.82) is 0 Å². The molecular weight excluding hydrogens is 104 g/mol. The standard InChI is InChI=1S/C6H9O2/c1-5(2)6(3)8-4-7/h6H,1H2,2-3H3. The minimum atomic E-state index is -0.201. The van der Waals surface area contributed by atoms with Gasteiger partial charge in [-0.25, -0.2) is 4.79 Å². The maximum Gasteiger partial charge on any atom is 0.418 e. The molecule has 0 N–H and O–H groups in total. The van der Waals surface area contributed by atoms with Crippen LogP contribution in [-0.4, -0.2) is 12.6 Å². The second kappa shape index (κ2) is 3.24. The van der Waals surface area contributed by atoms with E-state index in [-0.39, 0.29) is 6.10 Å². The lowest BCUT2D eigenvalue weighted by atomic mass is 10.2. The first-order valence-electron chi connectivity index (χ1n) is 2.36. The van der Waals surface area contributed by atoms with Crippen molar-refractivity contribution in [2.24, 2.45) is 0 Å². The minimum absolute atomic E-state index is 0.201. The van der Waals surface area contributed by atoms with Crippen LogP contribution >= 0.6 is 0 Å². The van der Waals surface area contributed by atoms with Crippen molar-refractivity contribution in [3.05, 3.63) is 12.2 Å². The van der Waals surface area contributed by atoms with Crippen molar-refractivity contribution in [2.45, 2.75) is 20.0 Å². The van der Waals surface area contributed by atoms with Gasteiger partial charge in [-0.15, -0.1) is 0 Å². The van der Waals surface area contributed by atoms with E-state index in [1.807, 2.05) is 0 Å². The number of hydrogen-bond acceptors (Lipinski definition) is 2. The van der Waals surface area contributed by atoms with Gasteiger partial charge in [0.15, 0.2) is 0 Å². The molecule has 0 spiro atoms. The molecule has 0 aliphatic carbocycles. The molecule has 0 rings (SSSR count). The van der Waals surface area contributed by atoms with Gasteiger partial charge in [-0.2, -0.15) is 0 Å². The van der Waals surface area contributed by atoms with Gasteiger partial charge in [0.25, 0.3) is 0 Å². The van der Waals surface area contributed by atoms with Crippen LogP contribution in [-0.2, 0) is 9.53 Å². The predicted molar refractivity (Wildman–Crippen MR) is 31.1 cm³/mol. The van der Waals surface area contributed by atoms with E-state index in [0.717, 1.165) is 5.57 Å². The van der Waals surface area contributed by atoms with Crippen LogP contribution in [0.3, 0.4) is 0 Å². The highest BCUT2D eigenvalue weighted by molar-refractivity contribution is 5.39. The molecule has 0 fully saturated rings. The molecule has 0 saturated carbocycles. The molecule has 1 atom stereocenters. The number of rotatable bonds is 3. The molecule has 1 radical (unpaired) electrons. The Hall–Kier alpha value is -0.790. The van der Waals surface area contributed by atoms with Crippen LogP contribution in [0.4, 0.5) is 0 Å². The van der Waals surface area contributed by atoms with Crippen LogP contribution in [0.2, 0.25) is 0 Å². The van der Waals surface area contributed by atoms with Gasteiger partial charge < -0.3 is 4.74 Å². The van der Waals surface area contributed by atoms with Crippen molar-refractivity contribution >= 4 is 6.47 Å². The molecule has 2 heteroatoms. The molecule has 0 bridgehead atoms. The summed E-state index contributed by atoms with van der Waals surface area (Å²) in [5, 5.41) is 0. The van der Waals surface area contributed by atoms with E-state index in [9.17, 15) is 4.79 Å². The Balaban J connectivity index is 3.46. The molecule has 2 nitrogen and oxygen atoms in total. The molecule has 0 aliphatic heterocycles. The van der Waals surface area contributed by atoms with Crippen LogP contribution in [0.15, 0.2) is 12.2 Å². The number of hydrogen-bond donors (Lipinski definition) is 0. The highest BCUT2D eigenvalue weighted by Crippen LogP contribution is 1.98. The zero-order chi connectivity index (χ0) is 6.57. The molecule has 0 amide bonds. The number of carbonyl (C=O) groups excluding carboxylic acids is 1. The minimum Gasteiger partial charge on any atom is -0.450 e. The fraction of sp³-hybridized carbons (Fsp3) is 0.500. The third-order valence-electron chi connectivity index (χ3n) is 0.919. The molecule has 1 unspecified atom stereocenters. The number of ether oxygens (including phenoxy) is 1. The zero-order valence-corrected chi connectivity index (χ0v) is 5.10. The second-order valence-corrected chi connectivity index (χ2v) is 1.69. The van der Waals surface area contributed by atoms with Gasteiger partial charge in [-0.3, -0.25) is 0 Å². The van der Waals surface area contributed by atoms with Crippen molar-refractivity contribution in [3.8, 4) is 0 Å². The van der Waals surface area contributed by atoms with E-state index in [4.69, 9.17) is 0 Å². The Morgan fingerprint density at radius 3 is 2.50 bits per heavy atom. The van der Waals surface area contributed by atoms with Crippen LogP contribution in [0.5, 0.6) is 0 Å². The van der Waals surface area contributed by atoms with E-state index < -0.39 is 0 Å². The Labute approximate surface area is 49.1 Å². The molecule has 8 heavy (non-hydrogen) atoms. The average molecular weight is 113 g/mol.